The van der Waals surface area contributed by atoms with Gasteiger partial charge in [0.1, 0.15) is 11.5 Å². The Balaban J connectivity index is 1.48. The van der Waals surface area contributed by atoms with Gasteiger partial charge in [0.25, 0.3) is 5.91 Å². The molecule has 2 N–H and O–H groups in total. The van der Waals surface area contributed by atoms with Crippen LogP contribution in [0.1, 0.15) is 22.4 Å². The molecule has 162 valence electrons. The number of aromatic nitrogens is 2. The van der Waals surface area contributed by atoms with Crippen molar-refractivity contribution < 1.29 is 4.79 Å². The second-order valence-corrected chi connectivity index (χ2v) is 7.60. The molecule has 0 saturated heterocycles. The second-order valence-electron chi connectivity index (χ2n) is 7.60. The van der Waals surface area contributed by atoms with Gasteiger partial charge in [-0.1, -0.05) is 42.5 Å². The summed E-state index contributed by atoms with van der Waals surface area (Å²) in [6.07, 6.45) is 2.46. The monoisotopic (exact) mass is 433 g/mol. The van der Waals surface area contributed by atoms with Crippen molar-refractivity contribution in [3.8, 4) is 17.5 Å². The van der Waals surface area contributed by atoms with E-state index in [9.17, 15) is 4.79 Å². The molecule has 4 rings (SSSR count). The maximum Gasteiger partial charge on any atom is 0.274 e. The summed E-state index contributed by atoms with van der Waals surface area (Å²) in [5.74, 6) is 0.530. The molecule has 0 radical (unpaired) electrons. The van der Waals surface area contributed by atoms with Gasteiger partial charge in [-0.25, -0.2) is 4.98 Å². The van der Waals surface area contributed by atoms with E-state index >= 15 is 0 Å². The minimum atomic E-state index is -0.261. The fourth-order valence-corrected chi connectivity index (χ4v) is 3.39. The third-order valence-corrected chi connectivity index (χ3v) is 5.13. The van der Waals surface area contributed by atoms with E-state index in [1.807, 2.05) is 73.7 Å². The summed E-state index contributed by atoms with van der Waals surface area (Å²) in [5.41, 5.74) is 5.46. The zero-order valence-corrected chi connectivity index (χ0v) is 18.2. The number of aliphatic imine (C=N–C) groups is 1. The molecule has 0 aliphatic carbocycles. The third-order valence-electron chi connectivity index (χ3n) is 5.13. The van der Waals surface area contributed by atoms with Crippen LogP contribution in [-0.2, 0) is 11.2 Å². The van der Waals surface area contributed by atoms with E-state index in [2.05, 4.69) is 26.3 Å². The number of nitrogens with one attached hydrogen (secondary N) is 2. The van der Waals surface area contributed by atoms with Crippen LogP contribution in [0.5, 0.6) is 0 Å². The molecule has 0 aliphatic heterocycles. The van der Waals surface area contributed by atoms with Gasteiger partial charge < -0.3 is 10.3 Å². The molecule has 6 nitrogen and oxygen atoms in total. The lowest BCUT2D eigenvalue weighted by atomic mass is 10.1. The van der Waals surface area contributed by atoms with Crippen LogP contribution < -0.4 is 5.32 Å². The van der Waals surface area contributed by atoms with Crippen molar-refractivity contribution in [1.82, 2.24) is 9.97 Å². The average molecular weight is 434 g/mol. The van der Waals surface area contributed by atoms with E-state index in [0.29, 0.717) is 29.9 Å². The van der Waals surface area contributed by atoms with Gasteiger partial charge in [0, 0.05) is 35.2 Å². The summed E-state index contributed by atoms with van der Waals surface area (Å²) in [5, 5.41) is 11.9. The number of amides is 1. The van der Waals surface area contributed by atoms with E-state index in [1.54, 1.807) is 18.3 Å². The lowest BCUT2D eigenvalue weighted by Gasteiger charge is -2.10. The summed E-state index contributed by atoms with van der Waals surface area (Å²) >= 11 is 0. The Morgan fingerprint density at radius 2 is 1.76 bits per heavy atom. The van der Waals surface area contributed by atoms with E-state index in [-0.39, 0.29) is 5.91 Å². The predicted molar refractivity (Wildman–Crippen MR) is 130 cm³/mol. The van der Waals surface area contributed by atoms with Crippen LogP contribution in [0.3, 0.4) is 0 Å². The zero-order chi connectivity index (χ0) is 23.0. The highest BCUT2D eigenvalue weighted by molar-refractivity contribution is 6.48. The summed E-state index contributed by atoms with van der Waals surface area (Å²) in [6.45, 7) is 2.41. The molecule has 0 saturated carbocycles. The number of rotatable bonds is 7. The third kappa shape index (κ3) is 5.60. The molecule has 0 spiro atoms. The molecular weight excluding hydrogens is 410 g/mol. The van der Waals surface area contributed by atoms with Gasteiger partial charge in [0.15, 0.2) is 0 Å². The molecule has 0 aliphatic rings. The number of hydrogen-bond donors (Lipinski definition) is 2. The summed E-state index contributed by atoms with van der Waals surface area (Å²) in [4.78, 5) is 25.3. The molecule has 1 heterocycles. The van der Waals surface area contributed by atoms with Crippen molar-refractivity contribution in [2.75, 3.05) is 11.9 Å². The van der Waals surface area contributed by atoms with Gasteiger partial charge in [-0.05, 0) is 55.3 Å². The number of H-pyrrole nitrogens is 1. The van der Waals surface area contributed by atoms with Crippen molar-refractivity contribution in [3.05, 3.63) is 107 Å². The Morgan fingerprint density at radius 3 is 2.39 bits per heavy atom. The molecular formula is C27H23N5O. The maximum atomic E-state index is 13.1. The quantitative estimate of drug-likeness (QED) is 0.405. The van der Waals surface area contributed by atoms with Crippen molar-refractivity contribution in [3.63, 3.8) is 0 Å². The molecule has 0 unspecified atom stereocenters. The van der Waals surface area contributed by atoms with Gasteiger partial charge in [0.2, 0.25) is 0 Å². The molecule has 33 heavy (non-hydrogen) atoms. The number of hydrogen-bond acceptors (Lipinski definition) is 4. The summed E-state index contributed by atoms with van der Waals surface area (Å²) in [7, 11) is 0. The highest BCUT2D eigenvalue weighted by Gasteiger charge is 2.14. The fourth-order valence-electron chi connectivity index (χ4n) is 3.39. The predicted octanol–water partition coefficient (Wildman–Crippen LogP) is 4.93. The Hall–Kier alpha value is -4.50. The normalized spacial score (nSPS) is 11.1. The number of aryl methyl sites for hydroxylation is 1. The number of benzene rings is 3. The van der Waals surface area contributed by atoms with Gasteiger partial charge in [0.05, 0.1) is 11.6 Å². The number of carbonyl (C=O) groups is 1. The molecule has 0 atom stereocenters. The minimum Gasteiger partial charge on any atom is -0.342 e. The van der Waals surface area contributed by atoms with E-state index in [0.717, 1.165) is 28.2 Å². The first-order chi connectivity index (χ1) is 16.1. The zero-order valence-electron chi connectivity index (χ0n) is 18.2. The first-order valence-electron chi connectivity index (χ1n) is 10.6. The van der Waals surface area contributed by atoms with Gasteiger partial charge in [-0.2, -0.15) is 5.26 Å². The average Bonchev–Trinajstić information content (AvgIpc) is 3.29. The van der Waals surface area contributed by atoms with Crippen LogP contribution in [0, 0.1) is 18.3 Å². The largest absolute Gasteiger partial charge is 0.342 e. The van der Waals surface area contributed by atoms with Crippen molar-refractivity contribution in [2.45, 2.75) is 13.3 Å². The van der Waals surface area contributed by atoms with Crippen LogP contribution in [0.2, 0.25) is 0 Å². The van der Waals surface area contributed by atoms with E-state index in [4.69, 9.17) is 5.26 Å². The number of carbonyl (C=O) groups excluding carboxylic acids is 1. The van der Waals surface area contributed by atoms with Crippen LogP contribution in [0.15, 0.2) is 90.1 Å². The van der Waals surface area contributed by atoms with Crippen LogP contribution >= 0.6 is 0 Å². The number of nitriles is 1. The summed E-state index contributed by atoms with van der Waals surface area (Å²) < 4.78 is 0. The number of anilines is 1. The van der Waals surface area contributed by atoms with E-state index in [1.165, 1.54) is 0 Å². The maximum absolute atomic E-state index is 13.1. The van der Waals surface area contributed by atoms with Crippen LogP contribution in [0.4, 0.5) is 5.69 Å². The lowest BCUT2D eigenvalue weighted by molar-refractivity contribution is -0.110. The van der Waals surface area contributed by atoms with Crippen LogP contribution in [0.25, 0.3) is 11.4 Å². The first-order valence-corrected chi connectivity index (χ1v) is 10.6. The Labute approximate surface area is 192 Å². The number of aromatic amines is 1. The standard InChI is InChI=1S/C27H23N5O/c1-19-18-30-26(31-19)23-11-13-24(14-12-23)32-27(33)25(22-5-3-2-4-6-22)29-16-15-20-7-9-21(17-28)10-8-20/h2-14,18H,15-16H2,1H3,(H,30,31)(H,32,33). The molecule has 3 aromatic carbocycles. The Kier molecular flexibility index (Phi) is 6.72. The minimum absolute atomic E-state index is 0.261. The molecule has 1 amide bonds. The van der Waals surface area contributed by atoms with Gasteiger partial charge >= 0.3 is 0 Å². The SMILES string of the molecule is Cc1cnc(-c2ccc(NC(=O)C(=NCCc3ccc(C#N)cc3)c3ccccc3)cc2)[nH]1. The smallest absolute Gasteiger partial charge is 0.274 e. The second kappa shape index (κ2) is 10.2. The van der Waals surface area contributed by atoms with Crippen molar-refractivity contribution in [2.24, 2.45) is 4.99 Å². The molecule has 1 aromatic heterocycles. The van der Waals surface area contributed by atoms with Crippen LogP contribution in [-0.4, -0.2) is 28.1 Å². The summed E-state index contributed by atoms with van der Waals surface area (Å²) in [6, 6.07) is 26.5. The Morgan fingerprint density at radius 1 is 1.03 bits per heavy atom. The molecule has 0 bridgehead atoms. The Bertz CT molecular complexity index is 1300. The topological polar surface area (TPSA) is 93.9 Å². The fraction of sp³-hybridized carbons (Fsp3) is 0.111. The number of imidazole rings is 1. The molecule has 6 heteroatoms. The highest BCUT2D eigenvalue weighted by Crippen LogP contribution is 2.19. The molecule has 4 aromatic rings. The first kappa shape index (κ1) is 21.7. The molecule has 0 fully saturated rings. The van der Waals surface area contributed by atoms with Gasteiger partial charge in [-0.15, -0.1) is 0 Å². The number of nitrogens with zero attached hydrogens (tertiary/aromatic N) is 3. The highest BCUT2D eigenvalue weighted by atomic mass is 16.1. The van der Waals surface area contributed by atoms with Gasteiger partial charge in [-0.3, -0.25) is 9.79 Å². The van der Waals surface area contributed by atoms with Crippen molar-refractivity contribution in [1.29, 1.82) is 5.26 Å². The lowest BCUT2D eigenvalue weighted by Crippen LogP contribution is -2.24. The van der Waals surface area contributed by atoms with E-state index < -0.39 is 0 Å². The van der Waals surface area contributed by atoms with Crippen molar-refractivity contribution >= 4 is 17.3 Å².